The summed E-state index contributed by atoms with van der Waals surface area (Å²) < 4.78 is 5.27. The van der Waals surface area contributed by atoms with Crippen LogP contribution in [0.1, 0.15) is 31.4 Å². The average Bonchev–Trinajstić information content (AvgIpc) is 2.87. The van der Waals surface area contributed by atoms with Gasteiger partial charge in [-0.25, -0.2) is 4.79 Å². The highest BCUT2D eigenvalue weighted by Gasteiger charge is 2.13. The molecule has 0 unspecified atom stereocenters. The molecule has 5 heteroatoms. The fourth-order valence-corrected chi connectivity index (χ4v) is 2.87. The molecule has 2 rings (SSSR count). The van der Waals surface area contributed by atoms with Crippen LogP contribution in [-0.4, -0.2) is 23.0 Å². The van der Waals surface area contributed by atoms with Gasteiger partial charge in [-0.3, -0.25) is 4.90 Å². The highest BCUT2D eigenvalue weighted by molar-refractivity contribution is 7.14. The Morgan fingerprint density at radius 1 is 1.37 bits per heavy atom. The van der Waals surface area contributed by atoms with E-state index in [4.69, 9.17) is 9.52 Å². The number of hydrogen-bond acceptors (Lipinski definition) is 4. The molecule has 0 aliphatic heterocycles. The zero-order valence-corrected chi connectivity index (χ0v) is 12.1. The van der Waals surface area contributed by atoms with E-state index in [9.17, 15) is 4.79 Å². The Balaban J connectivity index is 2.04. The highest BCUT2D eigenvalue weighted by Crippen LogP contribution is 2.23. The molecule has 0 radical (unpaired) electrons. The molecule has 102 valence electrons. The monoisotopic (exact) mass is 279 g/mol. The van der Waals surface area contributed by atoms with Crippen molar-refractivity contribution in [3.8, 4) is 0 Å². The predicted octanol–water partition coefficient (Wildman–Crippen LogP) is 3.29. The van der Waals surface area contributed by atoms with E-state index in [1.54, 1.807) is 12.3 Å². The Labute approximate surface area is 116 Å². The Morgan fingerprint density at radius 3 is 2.58 bits per heavy atom. The number of hydrogen-bond donors (Lipinski definition) is 1. The van der Waals surface area contributed by atoms with Crippen LogP contribution >= 0.6 is 11.3 Å². The molecule has 2 aromatic heterocycles. The molecule has 0 atom stereocenters. The van der Waals surface area contributed by atoms with Crippen molar-refractivity contribution in [2.24, 2.45) is 0 Å². The molecule has 0 amide bonds. The summed E-state index contributed by atoms with van der Waals surface area (Å²) in [6, 6.07) is 3.73. The topological polar surface area (TPSA) is 53.7 Å². The summed E-state index contributed by atoms with van der Waals surface area (Å²) in [6.45, 7) is 5.44. The van der Waals surface area contributed by atoms with E-state index >= 15 is 0 Å². The maximum atomic E-state index is 10.9. The van der Waals surface area contributed by atoms with Crippen molar-refractivity contribution in [2.75, 3.05) is 7.05 Å². The maximum absolute atomic E-state index is 10.9. The van der Waals surface area contributed by atoms with Gasteiger partial charge < -0.3 is 9.52 Å². The minimum absolute atomic E-state index is 0.403. The number of aromatic carboxylic acids is 1. The van der Waals surface area contributed by atoms with Crippen molar-refractivity contribution in [3.05, 3.63) is 45.0 Å². The molecule has 0 fully saturated rings. The Kier molecular flexibility index (Phi) is 4.07. The summed E-state index contributed by atoms with van der Waals surface area (Å²) in [6.07, 6.45) is 1.69. The number of carboxylic acid groups (broad SMARTS) is 1. The number of thiophene rings is 1. The summed E-state index contributed by atoms with van der Waals surface area (Å²) in [5.74, 6) is 0.0767. The molecule has 0 aliphatic carbocycles. The normalized spacial score (nSPS) is 11.2. The summed E-state index contributed by atoms with van der Waals surface area (Å²) >= 11 is 1.33. The Bertz CT molecular complexity index is 585. The highest BCUT2D eigenvalue weighted by atomic mass is 32.1. The van der Waals surface area contributed by atoms with E-state index in [0.717, 1.165) is 34.9 Å². The van der Waals surface area contributed by atoms with E-state index in [-0.39, 0.29) is 0 Å². The molecule has 4 nitrogen and oxygen atoms in total. The van der Waals surface area contributed by atoms with Gasteiger partial charge in [-0.15, -0.1) is 11.3 Å². The van der Waals surface area contributed by atoms with Gasteiger partial charge in [0.05, 0.1) is 6.26 Å². The maximum Gasteiger partial charge on any atom is 0.345 e. The number of rotatable bonds is 5. The first-order chi connectivity index (χ1) is 8.97. The van der Waals surface area contributed by atoms with Crippen molar-refractivity contribution in [3.63, 3.8) is 0 Å². The molecule has 0 saturated carbocycles. The van der Waals surface area contributed by atoms with E-state index in [1.807, 2.05) is 27.0 Å². The molecule has 0 aliphatic rings. The minimum atomic E-state index is -0.854. The van der Waals surface area contributed by atoms with Crippen molar-refractivity contribution >= 4 is 17.3 Å². The molecular formula is C14H17NO3S. The molecule has 19 heavy (non-hydrogen) atoms. The van der Waals surface area contributed by atoms with Gasteiger partial charge >= 0.3 is 5.97 Å². The van der Waals surface area contributed by atoms with Crippen LogP contribution in [0.2, 0.25) is 0 Å². The largest absolute Gasteiger partial charge is 0.477 e. The molecule has 2 heterocycles. The van der Waals surface area contributed by atoms with E-state index in [0.29, 0.717) is 4.88 Å². The standard InChI is InChI=1S/C14H17NO3S/c1-9-11(4-5-18-9)7-15(3)8-12-6-13(14(16)17)19-10(12)2/h4-6H,7-8H2,1-3H3,(H,16,17). The number of furan rings is 1. The van der Waals surface area contributed by atoms with Crippen LogP contribution < -0.4 is 0 Å². The zero-order valence-electron chi connectivity index (χ0n) is 11.3. The fraction of sp³-hybridized carbons (Fsp3) is 0.357. The third-order valence-electron chi connectivity index (χ3n) is 3.08. The molecule has 0 saturated heterocycles. The van der Waals surface area contributed by atoms with Crippen LogP contribution in [0.3, 0.4) is 0 Å². The molecule has 2 aromatic rings. The summed E-state index contributed by atoms with van der Waals surface area (Å²) in [4.78, 5) is 14.6. The van der Waals surface area contributed by atoms with Crippen LogP contribution in [0, 0.1) is 13.8 Å². The number of nitrogens with zero attached hydrogens (tertiary/aromatic N) is 1. The first-order valence-electron chi connectivity index (χ1n) is 6.01. The van der Waals surface area contributed by atoms with Gasteiger partial charge in [-0.05, 0) is 38.6 Å². The van der Waals surface area contributed by atoms with Crippen LogP contribution in [0.25, 0.3) is 0 Å². The summed E-state index contributed by atoms with van der Waals surface area (Å²) in [5, 5.41) is 8.98. The fourth-order valence-electron chi connectivity index (χ4n) is 1.99. The lowest BCUT2D eigenvalue weighted by molar-refractivity contribution is 0.0702. The van der Waals surface area contributed by atoms with Crippen molar-refractivity contribution in [1.82, 2.24) is 4.90 Å². The Morgan fingerprint density at radius 2 is 2.05 bits per heavy atom. The van der Waals surface area contributed by atoms with Gasteiger partial charge in [0.1, 0.15) is 10.6 Å². The minimum Gasteiger partial charge on any atom is -0.477 e. The lowest BCUT2D eigenvalue weighted by Crippen LogP contribution is -2.17. The lowest BCUT2D eigenvalue weighted by Gasteiger charge is -2.15. The number of carbonyl (C=O) groups is 1. The van der Waals surface area contributed by atoms with Crippen LogP contribution in [0.4, 0.5) is 0 Å². The van der Waals surface area contributed by atoms with E-state index in [2.05, 4.69) is 4.90 Å². The van der Waals surface area contributed by atoms with E-state index < -0.39 is 5.97 Å². The third kappa shape index (κ3) is 3.24. The van der Waals surface area contributed by atoms with Gasteiger partial charge in [0, 0.05) is 23.5 Å². The van der Waals surface area contributed by atoms with Crippen molar-refractivity contribution < 1.29 is 14.3 Å². The number of carboxylic acids is 1. The molecule has 0 bridgehead atoms. The predicted molar refractivity (Wildman–Crippen MR) is 74.6 cm³/mol. The van der Waals surface area contributed by atoms with Gasteiger partial charge in [0.15, 0.2) is 0 Å². The van der Waals surface area contributed by atoms with Crippen molar-refractivity contribution in [1.29, 1.82) is 0 Å². The second-order valence-electron chi connectivity index (χ2n) is 4.67. The SMILES string of the molecule is Cc1occc1CN(C)Cc1cc(C(=O)O)sc1C. The second kappa shape index (κ2) is 5.59. The van der Waals surface area contributed by atoms with Crippen LogP contribution in [-0.2, 0) is 13.1 Å². The third-order valence-corrected chi connectivity index (χ3v) is 4.16. The summed E-state index contributed by atoms with van der Waals surface area (Å²) in [5.41, 5.74) is 2.24. The van der Waals surface area contributed by atoms with E-state index in [1.165, 1.54) is 11.3 Å². The molecule has 0 spiro atoms. The molecule has 1 N–H and O–H groups in total. The Hall–Kier alpha value is -1.59. The quantitative estimate of drug-likeness (QED) is 0.912. The molecule has 0 aromatic carbocycles. The average molecular weight is 279 g/mol. The van der Waals surface area contributed by atoms with Crippen LogP contribution in [0.15, 0.2) is 22.8 Å². The number of aryl methyl sites for hydroxylation is 2. The van der Waals surface area contributed by atoms with Crippen LogP contribution in [0.5, 0.6) is 0 Å². The lowest BCUT2D eigenvalue weighted by atomic mass is 10.2. The van der Waals surface area contributed by atoms with Gasteiger partial charge in [-0.1, -0.05) is 0 Å². The zero-order chi connectivity index (χ0) is 14.0. The van der Waals surface area contributed by atoms with Gasteiger partial charge in [-0.2, -0.15) is 0 Å². The van der Waals surface area contributed by atoms with Gasteiger partial charge in [0.25, 0.3) is 0 Å². The van der Waals surface area contributed by atoms with Gasteiger partial charge in [0.2, 0.25) is 0 Å². The summed E-state index contributed by atoms with van der Waals surface area (Å²) in [7, 11) is 2.02. The smallest absolute Gasteiger partial charge is 0.345 e. The first-order valence-corrected chi connectivity index (χ1v) is 6.83. The van der Waals surface area contributed by atoms with Crippen molar-refractivity contribution in [2.45, 2.75) is 26.9 Å². The first kappa shape index (κ1) is 13.8. The second-order valence-corrected chi connectivity index (χ2v) is 5.93. The molecular weight excluding hydrogens is 262 g/mol.